The molecular formula is C31H28ClF4N3O7S. The van der Waals surface area contributed by atoms with Crippen LogP contribution in [0.1, 0.15) is 24.0 Å². The van der Waals surface area contributed by atoms with Crippen molar-refractivity contribution in [3.05, 3.63) is 76.8 Å². The molecule has 3 heterocycles. The van der Waals surface area contributed by atoms with Gasteiger partial charge in [-0.15, -0.1) is 13.2 Å². The summed E-state index contributed by atoms with van der Waals surface area (Å²) in [6, 6.07) is 11.5. The summed E-state index contributed by atoms with van der Waals surface area (Å²) < 4.78 is 100. The fourth-order valence-corrected chi connectivity index (χ4v) is 8.22. The summed E-state index contributed by atoms with van der Waals surface area (Å²) >= 11 is 6.45. The third kappa shape index (κ3) is 5.33. The van der Waals surface area contributed by atoms with Crippen LogP contribution in [-0.2, 0) is 25.2 Å². The molecule has 2 amide bonds. The standard InChI is InChI=1S/C31H28ClF4N3O7S/c1-44-20-9-11-27(26(16-20)46-31(34,35)36)47(42,43)39-23-10-8-18(32)14-22(23)30(29(39)41,21-6-3-4-7-25(21)45-2)38-17-19(33)15-24(38)28(40)37-12-5-13-37/h3-4,6-11,14,16,19,24H,5,12-13,15,17H2,1-2H3/t19?,24-,30?/m0/s1. The first-order chi connectivity index (χ1) is 22.2. The van der Waals surface area contributed by atoms with Crippen LogP contribution in [-0.4, -0.2) is 82.5 Å². The van der Waals surface area contributed by atoms with Crippen molar-refractivity contribution in [2.24, 2.45) is 0 Å². The Balaban J connectivity index is 1.63. The van der Waals surface area contributed by atoms with Gasteiger partial charge in [0.05, 0.1) is 25.9 Å². The van der Waals surface area contributed by atoms with Crippen LogP contribution in [0.25, 0.3) is 0 Å². The number of carbonyl (C=O) groups is 2. The van der Waals surface area contributed by atoms with Crippen LogP contribution < -0.4 is 18.5 Å². The minimum Gasteiger partial charge on any atom is -0.497 e. The fourth-order valence-electron chi connectivity index (χ4n) is 6.49. The summed E-state index contributed by atoms with van der Waals surface area (Å²) in [5.41, 5.74) is -2.46. The van der Waals surface area contributed by atoms with Crippen LogP contribution in [0.2, 0.25) is 5.02 Å². The summed E-state index contributed by atoms with van der Waals surface area (Å²) in [4.78, 5) is 30.8. The molecule has 2 fully saturated rings. The average molecular weight is 698 g/mol. The Morgan fingerprint density at radius 1 is 0.979 bits per heavy atom. The van der Waals surface area contributed by atoms with Gasteiger partial charge in [-0.1, -0.05) is 29.8 Å². The van der Waals surface area contributed by atoms with Crippen molar-refractivity contribution >= 4 is 39.1 Å². The maximum absolute atomic E-state index is 15.5. The van der Waals surface area contributed by atoms with Crippen molar-refractivity contribution in [2.75, 3.05) is 38.2 Å². The van der Waals surface area contributed by atoms with Gasteiger partial charge in [0.25, 0.3) is 15.9 Å². The molecule has 0 aromatic heterocycles. The lowest BCUT2D eigenvalue weighted by Crippen LogP contribution is -2.60. The van der Waals surface area contributed by atoms with E-state index < -0.39 is 63.1 Å². The topological polar surface area (TPSA) is 106 Å². The molecule has 3 atom stereocenters. The van der Waals surface area contributed by atoms with Gasteiger partial charge in [-0.25, -0.2) is 17.1 Å². The second kappa shape index (κ2) is 11.9. The Morgan fingerprint density at radius 3 is 2.34 bits per heavy atom. The zero-order valence-electron chi connectivity index (χ0n) is 25.0. The number of alkyl halides is 4. The molecule has 0 N–H and O–H groups in total. The molecule has 3 aliphatic rings. The number of hydrogen-bond acceptors (Lipinski definition) is 8. The predicted octanol–water partition coefficient (Wildman–Crippen LogP) is 4.88. The first kappa shape index (κ1) is 32.8. The number of amides is 2. The zero-order chi connectivity index (χ0) is 33.9. The SMILES string of the molecule is COc1ccc(S(=O)(=O)N2C(=O)C(c3ccccc3OC)(N3CC(F)C[C@H]3C(=O)N3CCC3)c3cc(Cl)ccc32)c(OC(F)(F)F)c1. The van der Waals surface area contributed by atoms with Crippen molar-refractivity contribution in [1.29, 1.82) is 0 Å². The Labute approximate surface area is 272 Å². The number of para-hydroxylation sites is 1. The fraction of sp³-hybridized carbons (Fsp3) is 0.355. The molecule has 0 saturated carbocycles. The van der Waals surface area contributed by atoms with E-state index in [0.29, 0.717) is 17.4 Å². The third-order valence-electron chi connectivity index (χ3n) is 8.59. The second-order valence-corrected chi connectivity index (χ2v) is 13.4. The maximum Gasteiger partial charge on any atom is 0.573 e. The van der Waals surface area contributed by atoms with Gasteiger partial charge < -0.3 is 19.1 Å². The van der Waals surface area contributed by atoms with Crippen LogP contribution in [0, 0.1) is 0 Å². The molecule has 0 spiro atoms. The van der Waals surface area contributed by atoms with E-state index in [0.717, 1.165) is 24.6 Å². The molecule has 3 aromatic carbocycles. The van der Waals surface area contributed by atoms with E-state index in [9.17, 15) is 26.4 Å². The van der Waals surface area contributed by atoms with Crippen LogP contribution in [0.3, 0.4) is 0 Å². The number of benzene rings is 3. The third-order valence-corrected chi connectivity index (χ3v) is 10.6. The first-order valence-electron chi connectivity index (χ1n) is 14.4. The summed E-state index contributed by atoms with van der Waals surface area (Å²) in [6.45, 7) is 0.398. The molecule has 47 heavy (non-hydrogen) atoms. The number of carbonyl (C=O) groups excluding carboxylic acids is 2. The lowest BCUT2D eigenvalue weighted by atomic mass is 9.80. The molecule has 16 heteroatoms. The first-order valence-corrected chi connectivity index (χ1v) is 16.2. The van der Waals surface area contributed by atoms with E-state index in [1.165, 1.54) is 54.4 Å². The largest absolute Gasteiger partial charge is 0.573 e. The smallest absolute Gasteiger partial charge is 0.497 e. The van der Waals surface area contributed by atoms with Gasteiger partial charge in [0.2, 0.25) is 5.91 Å². The number of sulfonamides is 1. The summed E-state index contributed by atoms with van der Waals surface area (Å²) in [5.74, 6) is -2.84. The van der Waals surface area contributed by atoms with Gasteiger partial charge in [0, 0.05) is 48.3 Å². The summed E-state index contributed by atoms with van der Waals surface area (Å²) in [5, 5.41) is 0.0715. The Kier molecular flexibility index (Phi) is 8.29. The quantitative estimate of drug-likeness (QED) is 0.307. The monoisotopic (exact) mass is 697 g/mol. The van der Waals surface area contributed by atoms with Crippen molar-refractivity contribution < 1.29 is 49.8 Å². The Hall–Kier alpha value is -4.08. The number of rotatable bonds is 8. The highest BCUT2D eigenvalue weighted by Crippen LogP contribution is 2.55. The van der Waals surface area contributed by atoms with Gasteiger partial charge >= 0.3 is 6.36 Å². The number of fused-ring (bicyclic) bond motifs is 1. The number of hydrogen-bond donors (Lipinski definition) is 0. The zero-order valence-corrected chi connectivity index (χ0v) is 26.5. The molecule has 250 valence electrons. The van der Waals surface area contributed by atoms with Gasteiger partial charge in [-0.3, -0.25) is 14.5 Å². The van der Waals surface area contributed by atoms with E-state index >= 15 is 9.18 Å². The Morgan fingerprint density at radius 2 is 1.70 bits per heavy atom. The molecule has 0 radical (unpaired) electrons. The molecule has 0 aliphatic carbocycles. The number of methoxy groups -OCH3 is 2. The minimum absolute atomic E-state index is 0.0367. The van der Waals surface area contributed by atoms with Gasteiger partial charge in [0.15, 0.2) is 11.3 Å². The summed E-state index contributed by atoms with van der Waals surface area (Å²) in [7, 11) is -2.74. The number of anilines is 1. The van der Waals surface area contributed by atoms with Crippen molar-refractivity contribution in [3.8, 4) is 17.2 Å². The normalized spacial score (nSPS) is 23.0. The van der Waals surface area contributed by atoms with E-state index in [4.69, 9.17) is 21.1 Å². The Bertz CT molecular complexity index is 1860. The highest BCUT2D eigenvalue weighted by Gasteiger charge is 2.64. The van der Waals surface area contributed by atoms with E-state index in [-0.39, 0.29) is 39.8 Å². The number of likely N-dealkylation sites (tertiary alicyclic amines) is 2. The molecule has 3 aliphatic heterocycles. The maximum atomic E-state index is 15.5. The van der Waals surface area contributed by atoms with E-state index in [1.54, 1.807) is 12.1 Å². The number of nitrogens with zero attached hydrogens (tertiary/aromatic N) is 3. The molecule has 3 aromatic rings. The highest BCUT2D eigenvalue weighted by molar-refractivity contribution is 7.93. The van der Waals surface area contributed by atoms with Gasteiger partial charge in [-0.2, -0.15) is 0 Å². The number of halogens is 5. The molecule has 0 bridgehead atoms. The van der Waals surface area contributed by atoms with Crippen molar-refractivity contribution in [3.63, 3.8) is 0 Å². The molecule has 2 saturated heterocycles. The average Bonchev–Trinajstić information content (AvgIpc) is 3.50. The predicted molar refractivity (Wildman–Crippen MR) is 161 cm³/mol. The molecule has 6 rings (SSSR count). The summed E-state index contributed by atoms with van der Waals surface area (Å²) in [6.07, 6.45) is -6.45. The molecule has 2 unspecified atom stereocenters. The van der Waals surface area contributed by atoms with Gasteiger partial charge in [0.1, 0.15) is 22.6 Å². The number of ether oxygens (including phenoxy) is 3. The van der Waals surface area contributed by atoms with Crippen LogP contribution in [0.5, 0.6) is 17.2 Å². The van der Waals surface area contributed by atoms with Gasteiger partial charge in [-0.05, 0) is 42.8 Å². The van der Waals surface area contributed by atoms with Crippen molar-refractivity contribution in [2.45, 2.75) is 41.9 Å². The molecular weight excluding hydrogens is 670 g/mol. The second-order valence-electron chi connectivity index (χ2n) is 11.2. The van der Waals surface area contributed by atoms with Crippen LogP contribution in [0.4, 0.5) is 23.2 Å². The van der Waals surface area contributed by atoms with Crippen molar-refractivity contribution in [1.82, 2.24) is 9.80 Å². The lowest BCUT2D eigenvalue weighted by molar-refractivity contribution is -0.275. The lowest BCUT2D eigenvalue weighted by Gasteiger charge is -2.43. The molecule has 10 nitrogen and oxygen atoms in total. The highest BCUT2D eigenvalue weighted by atomic mass is 35.5. The van der Waals surface area contributed by atoms with Crippen LogP contribution in [0.15, 0.2) is 65.6 Å². The van der Waals surface area contributed by atoms with E-state index in [2.05, 4.69) is 4.74 Å². The van der Waals surface area contributed by atoms with E-state index in [1.807, 2.05) is 0 Å². The minimum atomic E-state index is -5.31. The van der Waals surface area contributed by atoms with Crippen LogP contribution >= 0.6 is 11.6 Å².